The van der Waals surface area contributed by atoms with Gasteiger partial charge in [0.15, 0.2) is 0 Å². The van der Waals surface area contributed by atoms with Crippen LogP contribution in [0.2, 0.25) is 10.0 Å². The molecule has 14 heavy (non-hydrogen) atoms. The van der Waals surface area contributed by atoms with E-state index in [0.29, 0.717) is 15.7 Å². The number of aromatic nitrogens is 1. The SMILES string of the molecule is Oc1cc(Cl)cc(Cl)c1-n1cccc1. The van der Waals surface area contributed by atoms with Crippen molar-refractivity contribution in [3.8, 4) is 11.4 Å². The predicted molar refractivity (Wildman–Crippen MR) is 57.5 cm³/mol. The second-order valence-electron chi connectivity index (χ2n) is 2.85. The van der Waals surface area contributed by atoms with Gasteiger partial charge in [0.25, 0.3) is 0 Å². The van der Waals surface area contributed by atoms with Crippen LogP contribution in [0.5, 0.6) is 5.75 Å². The minimum Gasteiger partial charge on any atom is -0.506 e. The van der Waals surface area contributed by atoms with Gasteiger partial charge in [0, 0.05) is 23.5 Å². The molecular weight excluding hydrogens is 221 g/mol. The highest BCUT2D eigenvalue weighted by atomic mass is 35.5. The summed E-state index contributed by atoms with van der Waals surface area (Å²) in [7, 11) is 0. The monoisotopic (exact) mass is 227 g/mol. The van der Waals surface area contributed by atoms with E-state index in [2.05, 4.69) is 0 Å². The Hall–Kier alpha value is -1.12. The van der Waals surface area contributed by atoms with Gasteiger partial charge in [-0.1, -0.05) is 23.2 Å². The lowest BCUT2D eigenvalue weighted by Gasteiger charge is -2.08. The number of rotatable bonds is 1. The largest absolute Gasteiger partial charge is 0.506 e. The van der Waals surface area contributed by atoms with Crippen LogP contribution < -0.4 is 0 Å². The van der Waals surface area contributed by atoms with Gasteiger partial charge in [-0.15, -0.1) is 0 Å². The first-order valence-corrected chi connectivity index (χ1v) is 4.75. The number of hydrogen-bond donors (Lipinski definition) is 1. The molecule has 1 aromatic carbocycles. The summed E-state index contributed by atoms with van der Waals surface area (Å²) in [6.45, 7) is 0. The molecule has 2 aromatic rings. The molecule has 0 spiro atoms. The third kappa shape index (κ3) is 1.59. The van der Waals surface area contributed by atoms with Crippen molar-refractivity contribution in [3.05, 3.63) is 46.7 Å². The van der Waals surface area contributed by atoms with E-state index < -0.39 is 0 Å². The van der Waals surface area contributed by atoms with Crippen molar-refractivity contribution in [1.82, 2.24) is 4.57 Å². The van der Waals surface area contributed by atoms with Crippen molar-refractivity contribution < 1.29 is 5.11 Å². The van der Waals surface area contributed by atoms with Gasteiger partial charge in [0.1, 0.15) is 11.4 Å². The Balaban J connectivity index is 2.64. The number of hydrogen-bond acceptors (Lipinski definition) is 1. The van der Waals surface area contributed by atoms with Crippen molar-refractivity contribution >= 4 is 23.2 Å². The fourth-order valence-corrected chi connectivity index (χ4v) is 1.87. The average molecular weight is 228 g/mol. The molecule has 0 aliphatic carbocycles. The molecule has 1 aromatic heterocycles. The molecule has 0 bridgehead atoms. The Labute approximate surface area is 91.3 Å². The molecule has 1 N–H and O–H groups in total. The molecule has 1 heterocycles. The van der Waals surface area contributed by atoms with Crippen molar-refractivity contribution in [3.63, 3.8) is 0 Å². The minimum absolute atomic E-state index is 0.0682. The number of phenols is 1. The van der Waals surface area contributed by atoms with E-state index in [9.17, 15) is 5.11 Å². The number of benzene rings is 1. The summed E-state index contributed by atoms with van der Waals surface area (Å²) in [5, 5.41) is 10.5. The van der Waals surface area contributed by atoms with Gasteiger partial charge >= 0.3 is 0 Å². The lowest BCUT2D eigenvalue weighted by atomic mass is 10.3. The molecule has 0 aliphatic heterocycles. The molecule has 0 saturated heterocycles. The topological polar surface area (TPSA) is 25.2 Å². The number of halogens is 2. The molecular formula is C10H7Cl2NO. The highest BCUT2D eigenvalue weighted by Crippen LogP contribution is 2.33. The highest BCUT2D eigenvalue weighted by molar-refractivity contribution is 6.36. The van der Waals surface area contributed by atoms with Gasteiger partial charge in [-0.25, -0.2) is 0 Å². The van der Waals surface area contributed by atoms with Gasteiger partial charge in [0.2, 0.25) is 0 Å². The smallest absolute Gasteiger partial charge is 0.142 e. The molecule has 0 atom stereocenters. The Morgan fingerprint density at radius 1 is 1.07 bits per heavy atom. The Kier molecular flexibility index (Phi) is 2.40. The van der Waals surface area contributed by atoms with Gasteiger partial charge in [-0.3, -0.25) is 0 Å². The molecule has 0 radical (unpaired) electrons. The normalized spacial score (nSPS) is 10.4. The molecule has 0 amide bonds. The van der Waals surface area contributed by atoms with Gasteiger partial charge in [-0.2, -0.15) is 0 Å². The summed E-state index contributed by atoms with van der Waals surface area (Å²) in [5.41, 5.74) is 0.543. The zero-order valence-corrected chi connectivity index (χ0v) is 8.63. The third-order valence-electron chi connectivity index (χ3n) is 1.87. The molecule has 2 nitrogen and oxygen atoms in total. The molecule has 4 heteroatoms. The number of phenolic OH excluding ortho intramolecular Hbond substituents is 1. The zero-order valence-electron chi connectivity index (χ0n) is 7.11. The molecule has 0 aliphatic rings. The van der Waals surface area contributed by atoms with Crippen LogP contribution in [0.4, 0.5) is 0 Å². The maximum Gasteiger partial charge on any atom is 0.142 e. The first kappa shape index (κ1) is 9.44. The fraction of sp³-hybridized carbons (Fsp3) is 0. The van der Waals surface area contributed by atoms with Crippen LogP contribution in [-0.2, 0) is 0 Å². The third-order valence-corrected chi connectivity index (χ3v) is 2.38. The van der Waals surface area contributed by atoms with Crippen LogP contribution in [0.3, 0.4) is 0 Å². The molecule has 0 unspecified atom stereocenters. The van der Waals surface area contributed by atoms with E-state index in [1.54, 1.807) is 23.0 Å². The van der Waals surface area contributed by atoms with Crippen molar-refractivity contribution in [2.75, 3.05) is 0 Å². The van der Waals surface area contributed by atoms with Gasteiger partial charge in [-0.05, 0) is 18.2 Å². The lowest BCUT2D eigenvalue weighted by molar-refractivity contribution is 0.472. The van der Waals surface area contributed by atoms with Crippen LogP contribution in [-0.4, -0.2) is 9.67 Å². The van der Waals surface area contributed by atoms with Crippen LogP contribution in [0, 0.1) is 0 Å². The molecule has 0 fully saturated rings. The van der Waals surface area contributed by atoms with E-state index >= 15 is 0 Å². The van der Waals surface area contributed by atoms with Crippen LogP contribution in [0.1, 0.15) is 0 Å². The summed E-state index contributed by atoms with van der Waals surface area (Å²) >= 11 is 11.7. The van der Waals surface area contributed by atoms with Crippen molar-refractivity contribution in [1.29, 1.82) is 0 Å². The van der Waals surface area contributed by atoms with E-state index in [1.165, 1.54) is 6.07 Å². The fourth-order valence-electron chi connectivity index (χ4n) is 1.29. The maximum atomic E-state index is 9.65. The summed E-state index contributed by atoms with van der Waals surface area (Å²) in [6.07, 6.45) is 3.60. The van der Waals surface area contributed by atoms with E-state index in [-0.39, 0.29) is 5.75 Å². The first-order chi connectivity index (χ1) is 6.68. The lowest BCUT2D eigenvalue weighted by Crippen LogP contribution is -1.91. The van der Waals surface area contributed by atoms with Crippen LogP contribution in [0.15, 0.2) is 36.7 Å². The summed E-state index contributed by atoms with van der Waals surface area (Å²) in [4.78, 5) is 0. The predicted octanol–water partition coefficient (Wildman–Crippen LogP) is 3.49. The van der Waals surface area contributed by atoms with E-state index in [1.807, 2.05) is 12.1 Å². The highest BCUT2D eigenvalue weighted by Gasteiger charge is 2.09. The van der Waals surface area contributed by atoms with Crippen molar-refractivity contribution in [2.45, 2.75) is 0 Å². The minimum atomic E-state index is 0.0682. The second kappa shape index (κ2) is 3.56. The van der Waals surface area contributed by atoms with E-state index in [4.69, 9.17) is 23.2 Å². The number of nitrogens with zero attached hydrogens (tertiary/aromatic N) is 1. The second-order valence-corrected chi connectivity index (χ2v) is 3.69. The Morgan fingerprint density at radius 2 is 1.71 bits per heavy atom. The summed E-state index contributed by atoms with van der Waals surface area (Å²) < 4.78 is 1.73. The number of aromatic hydroxyl groups is 1. The first-order valence-electron chi connectivity index (χ1n) is 4.00. The van der Waals surface area contributed by atoms with Crippen molar-refractivity contribution in [2.24, 2.45) is 0 Å². The standard InChI is InChI=1S/C10H7Cl2NO/c11-7-5-8(12)10(9(14)6-7)13-3-1-2-4-13/h1-6,14H. The van der Waals surface area contributed by atoms with Gasteiger partial charge < -0.3 is 9.67 Å². The Morgan fingerprint density at radius 3 is 2.29 bits per heavy atom. The average Bonchev–Trinajstić information content (AvgIpc) is 2.54. The molecule has 2 rings (SSSR count). The summed E-state index contributed by atoms with van der Waals surface area (Å²) in [5.74, 6) is 0.0682. The van der Waals surface area contributed by atoms with Gasteiger partial charge in [0.05, 0.1) is 5.02 Å². The molecule has 0 saturated carbocycles. The Bertz CT molecular complexity index is 428. The molecule has 72 valence electrons. The zero-order chi connectivity index (χ0) is 10.1. The maximum absolute atomic E-state index is 9.65. The quantitative estimate of drug-likeness (QED) is 0.793. The van der Waals surface area contributed by atoms with Crippen LogP contribution >= 0.6 is 23.2 Å². The van der Waals surface area contributed by atoms with Crippen LogP contribution in [0.25, 0.3) is 5.69 Å². The summed E-state index contributed by atoms with van der Waals surface area (Å²) in [6, 6.07) is 6.76. The van der Waals surface area contributed by atoms with E-state index in [0.717, 1.165) is 0 Å².